The van der Waals surface area contributed by atoms with Crippen LogP contribution in [-0.4, -0.2) is 40.3 Å². The topological polar surface area (TPSA) is 69.6 Å². The number of benzene rings is 2. The number of nitrogens with zero attached hydrogens (tertiary/aromatic N) is 3. The highest BCUT2D eigenvalue weighted by Crippen LogP contribution is 2.30. The largest absolute Gasteiger partial charge is 0.342 e. The summed E-state index contributed by atoms with van der Waals surface area (Å²) in [5.41, 5.74) is 3.63. The summed E-state index contributed by atoms with van der Waals surface area (Å²) < 4.78 is 0. The van der Waals surface area contributed by atoms with E-state index in [9.17, 15) is 4.79 Å². The van der Waals surface area contributed by atoms with Crippen LogP contribution in [0.5, 0.6) is 0 Å². The van der Waals surface area contributed by atoms with Crippen LogP contribution in [0.15, 0.2) is 84.1 Å². The lowest BCUT2D eigenvalue weighted by molar-refractivity contribution is 0.0785. The molecule has 5 rings (SSSR count). The van der Waals surface area contributed by atoms with Gasteiger partial charge in [0.15, 0.2) is 0 Å². The lowest BCUT2D eigenvalue weighted by Crippen LogP contribution is -2.55. The number of hydrogen-bond donors (Lipinski definition) is 2. The van der Waals surface area contributed by atoms with Crippen molar-refractivity contribution >= 4 is 17.4 Å². The Morgan fingerprint density at radius 3 is 2.74 bits per heavy atom. The van der Waals surface area contributed by atoms with Crippen molar-refractivity contribution in [3.05, 3.63) is 95.8 Å². The van der Waals surface area contributed by atoms with Crippen molar-refractivity contribution in [3.63, 3.8) is 0 Å². The molecule has 0 bridgehead atoms. The highest BCUT2D eigenvalue weighted by molar-refractivity contribution is 6.05. The smallest absolute Gasteiger partial charge is 0.255 e. The number of para-hydroxylation sites is 1. The maximum absolute atomic E-state index is 13.1. The van der Waals surface area contributed by atoms with E-state index in [1.54, 1.807) is 18.5 Å². The Kier molecular flexibility index (Phi) is 5.22. The summed E-state index contributed by atoms with van der Waals surface area (Å²) in [6, 6.07) is 22.2. The molecule has 1 fully saturated rings. The number of fused-ring (bicyclic) bond motifs is 1. The lowest BCUT2D eigenvalue weighted by atomic mass is 9.96. The maximum Gasteiger partial charge on any atom is 0.255 e. The number of amidine groups is 1. The minimum atomic E-state index is -0.411. The highest BCUT2D eigenvalue weighted by atomic mass is 16.2. The number of aliphatic imine (C=N–C) groups is 1. The summed E-state index contributed by atoms with van der Waals surface area (Å²) in [5.74, 6) is 0.902. The number of carbonyl (C=O) groups is 1. The molecular formula is C25H25N5O. The molecule has 2 N–H and O–H groups in total. The molecule has 1 spiro atoms. The van der Waals surface area contributed by atoms with Gasteiger partial charge in [-0.25, -0.2) is 0 Å². The van der Waals surface area contributed by atoms with Crippen molar-refractivity contribution in [3.8, 4) is 0 Å². The summed E-state index contributed by atoms with van der Waals surface area (Å²) >= 11 is 0. The zero-order valence-corrected chi connectivity index (χ0v) is 17.3. The third-order valence-corrected chi connectivity index (χ3v) is 6.07. The molecule has 1 saturated heterocycles. The van der Waals surface area contributed by atoms with E-state index < -0.39 is 5.54 Å². The van der Waals surface area contributed by atoms with E-state index in [0.29, 0.717) is 25.2 Å². The number of anilines is 1. The van der Waals surface area contributed by atoms with E-state index in [1.165, 1.54) is 5.56 Å². The van der Waals surface area contributed by atoms with Crippen LogP contribution in [0.2, 0.25) is 0 Å². The Morgan fingerprint density at radius 1 is 1.06 bits per heavy atom. The SMILES string of the molecule is O=C(c1cccnc1)N1CCC2(C1)NCc1ccccc1NC2=NCc1ccccc1. The van der Waals surface area contributed by atoms with Gasteiger partial charge in [-0.3, -0.25) is 20.1 Å². The van der Waals surface area contributed by atoms with Crippen molar-refractivity contribution < 1.29 is 4.79 Å². The van der Waals surface area contributed by atoms with Crippen molar-refractivity contribution in [1.29, 1.82) is 0 Å². The molecule has 0 saturated carbocycles. The van der Waals surface area contributed by atoms with Crippen LogP contribution < -0.4 is 10.6 Å². The van der Waals surface area contributed by atoms with Gasteiger partial charge in [-0.05, 0) is 35.7 Å². The molecule has 6 heteroatoms. The first-order chi connectivity index (χ1) is 15.2. The zero-order valence-electron chi connectivity index (χ0n) is 17.3. The van der Waals surface area contributed by atoms with Crippen molar-refractivity contribution in [2.75, 3.05) is 18.4 Å². The number of carbonyl (C=O) groups excluding carboxylic acids is 1. The number of hydrogen-bond acceptors (Lipinski definition) is 4. The van der Waals surface area contributed by atoms with Crippen molar-refractivity contribution in [2.24, 2.45) is 4.99 Å². The molecule has 0 radical (unpaired) electrons. The summed E-state index contributed by atoms with van der Waals surface area (Å²) in [5, 5.41) is 7.33. The average molecular weight is 412 g/mol. The van der Waals surface area contributed by atoms with Gasteiger partial charge in [0.25, 0.3) is 5.91 Å². The molecule has 1 unspecified atom stereocenters. The van der Waals surface area contributed by atoms with Crippen molar-refractivity contribution in [2.45, 2.75) is 25.0 Å². The van der Waals surface area contributed by atoms with Crippen LogP contribution in [0.4, 0.5) is 5.69 Å². The second kappa shape index (κ2) is 8.32. The van der Waals surface area contributed by atoms with Gasteiger partial charge in [0.05, 0.1) is 17.6 Å². The second-order valence-corrected chi connectivity index (χ2v) is 8.09. The number of rotatable bonds is 3. The van der Waals surface area contributed by atoms with Crippen LogP contribution in [0.25, 0.3) is 0 Å². The number of amides is 1. The van der Waals surface area contributed by atoms with E-state index in [-0.39, 0.29) is 5.91 Å². The standard InChI is InChI=1S/C25H25N5O/c31-23(21-10-6-13-26-16-21)30-14-12-25(18-30)24(27-15-19-7-2-1-3-8-19)29-22-11-5-4-9-20(22)17-28-25/h1-11,13,16,28H,12,14-15,17-18H2,(H,27,29). The number of likely N-dealkylation sites (tertiary alicyclic amines) is 1. The summed E-state index contributed by atoms with van der Waals surface area (Å²) in [4.78, 5) is 24.1. The van der Waals surface area contributed by atoms with E-state index in [2.05, 4.69) is 39.9 Å². The predicted molar refractivity (Wildman–Crippen MR) is 122 cm³/mol. The molecule has 2 aromatic carbocycles. The molecule has 0 aliphatic carbocycles. The third-order valence-electron chi connectivity index (χ3n) is 6.07. The molecular weight excluding hydrogens is 386 g/mol. The van der Waals surface area contributed by atoms with E-state index in [0.717, 1.165) is 30.1 Å². The quantitative estimate of drug-likeness (QED) is 0.692. The van der Waals surface area contributed by atoms with Gasteiger partial charge in [0.1, 0.15) is 5.84 Å². The van der Waals surface area contributed by atoms with Crippen LogP contribution in [0.3, 0.4) is 0 Å². The molecule has 3 aromatic rings. The Bertz CT molecular complexity index is 1100. The predicted octanol–water partition coefficient (Wildman–Crippen LogP) is 3.48. The molecule has 156 valence electrons. The fourth-order valence-corrected chi connectivity index (χ4v) is 4.33. The Balaban J connectivity index is 1.45. The average Bonchev–Trinajstić information content (AvgIpc) is 3.20. The van der Waals surface area contributed by atoms with Crippen LogP contribution in [0, 0.1) is 0 Å². The molecule has 1 amide bonds. The van der Waals surface area contributed by atoms with Crippen molar-refractivity contribution in [1.82, 2.24) is 15.2 Å². The van der Waals surface area contributed by atoms with Gasteiger partial charge in [-0.15, -0.1) is 0 Å². The monoisotopic (exact) mass is 411 g/mol. The Morgan fingerprint density at radius 2 is 1.90 bits per heavy atom. The Hall–Kier alpha value is -3.51. The van der Waals surface area contributed by atoms with Gasteiger partial charge >= 0.3 is 0 Å². The van der Waals surface area contributed by atoms with Gasteiger partial charge in [0, 0.05) is 37.7 Å². The lowest BCUT2D eigenvalue weighted by Gasteiger charge is -2.30. The van der Waals surface area contributed by atoms with Crippen LogP contribution in [0.1, 0.15) is 27.9 Å². The number of aromatic nitrogens is 1. The second-order valence-electron chi connectivity index (χ2n) is 8.09. The molecule has 1 aromatic heterocycles. The zero-order chi connectivity index (χ0) is 21.1. The highest BCUT2D eigenvalue weighted by Gasteiger charge is 2.45. The number of pyridine rings is 1. The van der Waals surface area contributed by atoms with E-state index in [4.69, 9.17) is 4.99 Å². The number of nitrogens with one attached hydrogen (secondary N) is 2. The first-order valence-electron chi connectivity index (χ1n) is 10.6. The molecule has 31 heavy (non-hydrogen) atoms. The molecule has 1 atom stereocenters. The summed E-state index contributed by atoms with van der Waals surface area (Å²) in [7, 11) is 0. The molecule has 6 nitrogen and oxygen atoms in total. The normalized spacial score (nSPS) is 21.5. The summed E-state index contributed by atoms with van der Waals surface area (Å²) in [6.07, 6.45) is 4.12. The third kappa shape index (κ3) is 3.94. The molecule has 2 aliphatic rings. The van der Waals surface area contributed by atoms with E-state index in [1.807, 2.05) is 41.3 Å². The first kappa shape index (κ1) is 19.5. The van der Waals surface area contributed by atoms with Gasteiger partial charge < -0.3 is 10.2 Å². The fraction of sp³-hybridized carbons (Fsp3) is 0.240. The van der Waals surface area contributed by atoms with Gasteiger partial charge in [-0.1, -0.05) is 48.5 Å². The maximum atomic E-state index is 13.1. The first-order valence-corrected chi connectivity index (χ1v) is 10.6. The molecule has 2 aliphatic heterocycles. The summed E-state index contributed by atoms with van der Waals surface area (Å²) in [6.45, 7) is 2.55. The van der Waals surface area contributed by atoms with Crippen LogP contribution >= 0.6 is 0 Å². The van der Waals surface area contributed by atoms with E-state index >= 15 is 0 Å². The minimum Gasteiger partial charge on any atom is -0.342 e. The molecule has 3 heterocycles. The van der Waals surface area contributed by atoms with Gasteiger partial charge in [-0.2, -0.15) is 0 Å². The minimum absolute atomic E-state index is 0.0101. The van der Waals surface area contributed by atoms with Crippen LogP contribution in [-0.2, 0) is 13.1 Å². The van der Waals surface area contributed by atoms with Gasteiger partial charge in [0.2, 0.25) is 0 Å². The fourth-order valence-electron chi connectivity index (χ4n) is 4.33. The Labute approximate surface area is 182 Å².